The summed E-state index contributed by atoms with van der Waals surface area (Å²) in [5, 5.41) is 0.500. The van der Waals surface area contributed by atoms with Crippen molar-refractivity contribution in [3.05, 3.63) is 28.3 Å². The van der Waals surface area contributed by atoms with E-state index in [0.29, 0.717) is 16.3 Å². The van der Waals surface area contributed by atoms with E-state index < -0.39 is 0 Å². The summed E-state index contributed by atoms with van der Waals surface area (Å²) >= 11 is 11.2. The zero-order chi connectivity index (χ0) is 10.0. The number of nitrogen functional groups attached to an aromatic ring is 1. The number of Topliss-reactive ketones (excluding diaryl/α,β-unsaturated/α-hetero) is 1. The molecule has 0 heterocycles. The molecule has 0 radical (unpaired) electrons. The molecule has 1 aromatic rings. The number of halogens is 2. The second kappa shape index (κ2) is 3.99. The number of benzene rings is 1. The zero-order valence-corrected chi connectivity index (χ0v) is 8.62. The number of ketones is 1. The lowest BCUT2D eigenvalue weighted by atomic mass is 10.1. The third-order valence-corrected chi connectivity index (χ3v) is 2.23. The van der Waals surface area contributed by atoms with Crippen LogP contribution in [-0.4, -0.2) is 11.7 Å². The van der Waals surface area contributed by atoms with E-state index in [9.17, 15) is 4.79 Å². The van der Waals surface area contributed by atoms with Gasteiger partial charge in [0.1, 0.15) is 0 Å². The predicted molar refractivity (Wildman–Crippen MR) is 55.7 cm³/mol. The highest BCUT2D eigenvalue weighted by atomic mass is 35.5. The van der Waals surface area contributed by atoms with Crippen molar-refractivity contribution in [1.82, 2.24) is 0 Å². The molecule has 1 rings (SSSR count). The number of rotatable bonds is 2. The second-order valence-electron chi connectivity index (χ2n) is 2.74. The van der Waals surface area contributed by atoms with Crippen LogP contribution in [0, 0.1) is 6.92 Å². The molecule has 13 heavy (non-hydrogen) atoms. The predicted octanol–water partition coefficient (Wildman–Crippen LogP) is 2.65. The first-order chi connectivity index (χ1) is 6.06. The van der Waals surface area contributed by atoms with E-state index >= 15 is 0 Å². The summed E-state index contributed by atoms with van der Waals surface area (Å²) < 4.78 is 0. The van der Waals surface area contributed by atoms with Crippen LogP contribution in [0.1, 0.15) is 15.9 Å². The summed E-state index contributed by atoms with van der Waals surface area (Å²) in [6.07, 6.45) is 0. The number of hydrogen-bond donors (Lipinski definition) is 1. The molecule has 0 atom stereocenters. The van der Waals surface area contributed by atoms with Gasteiger partial charge in [0.05, 0.1) is 5.88 Å². The third kappa shape index (κ3) is 2.14. The normalized spacial score (nSPS) is 10.1. The highest BCUT2D eigenvalue weighted by Gasteiger charge is 2.11. The van der Waals surface area contributed by atoms with Crippen molar-refractivity contribution < 1.29 is 4.79 Å². The van der Waals surface area contributed by atoms with Gasteiger partial charge in [0.25, 0.3) is 0 Å². The van der Waals surface area contributed by atoms with Crippen LogP contribution in [0.5, 0.6) is 0 Å². The lowest BCUT2D eigenvalue weighted by Gasteiger charge is -2.06. The summed E-state index contributed by atoms with van der Waals surface area (Å²) in [5.74, 6) is -0.283. The average Bonchev–Trinajstić information content (AvgIpc) is 2.10. The maximum atomic E-state index is 11.3. The van der Waals surface area contributed by atoms with Crippen molar-refractivity contribution in [3.8, 4) is 0 Å². The molecule has 1 aromatic carbocycles. The van der Waals surface area contributed by atoms with E-state index in [1.54, 1.807) is 13.0 Å². The van der Waals surface area contributed by atoms with Crippen molar-refractivity contribution in [2.45, 2.75) is 6.92 Å². The molecule has 0 aliphatic rings. The molecule has 4 heteroatoms. The molecule has 0 aromatic heterocycles. The summed E-state index contributed by atoms with van der Waals surface area (Å²) in [6, 6.07) is 3.25. The number of aryl methyl sites for hydroxylation is 1. The molecule has 0 unspecified atom stereocenters. The van der Waals surface area contributed by atoms with Crippen LogP contribution < -0.4 is 5.73 Å². The molecule has 0 bridgehead atoms. The molecular formula is C9H9Cl2NO. The first-order valence-electron chi connectivity index (χ1n) is 3.71. The van der Waals surface area contributed by atoms with Gasteiger partial charge in [-0.05, 0) is 24.6 Å². The van der Waals surface area contributed by atoms with E-state index in [-0.39, 0.29) is 11.7 Å². The molecule has 0 spiro atoms. The highest BCUT2D eigenvalue weighted by Crippen LogP contribution is 2.23. The van der Waals surface area contributed by atoms with E-state index in [4.69, 9.17) is 28.9 Å². The summed E-state index contributed by atoms with van der Waals surface area (Å²) in [4.78, 5) is 11.3. The van der Waals surface area contributed by atoms with Crippen molar-refractivity contribution in [3.63, 3.8) is 0 Å². The quantitative estimate of drug-likeness (QED) is 0.471. The Balaban J connectivity index is 3.28. The first-order valence-corrected chi connectivity index (χ1v) is 4.62. The van der Waals surface area contributed by atoms with E-state index in [2.05, 4.69) is 0 Å². The number of carbonyl (C=O) groups excluding carboxylic acids is 1. The van der Waals surface area contributed by atoms with Crippen LogP contribution >= 0.6 is 23.2 Å². The first kappa shape index (κ1) is 10.4. The fourth-order valence-electron chi connectivity index (χ4n) is 1.06. The Kier molecular flexibility index (Phi) is 3.17. The van der Waals surface area contributed by atoms with Crippen molar-refractivity contribution >= 4 is 34.7 Å². The molecule has 70 valence electrons. The fraction of sp³-hybridized carbons (Fsp3) is 0.222. The molecule has 0 saturated heterocycles. The minimum atomic E-state index is -0.204. The summed E-state index contributed by atoms with van der Waals surface area (Å²) in [7, 11) is 0. The Hall–Kier alpha value is -0.730. The van der Waals surface area contributed by atoms with Gasteiger partial charge in [0.2, 0.25) is 0 Å². The Labute approximate surface area is 86.6 Å². The molecular weight excluding hydrogens is 209 g/mol. The molecule has 2 N–H and O–H groups in total. The fourth-order valence-corrected chi connectivity index (χ4v) is 1.47. The second-order valence-corrected chi connectivity index (χ2v) is 3.44. The van der Waals surface area contributed by atoms with Gasteiger partial charge in [0.15, 0.2) is 5.78 Å². The SMILES string of the molecule is Cc1cc(Cl)cc(C(=O)CCl)c1N. The number of carbonyl (C=O) groups is 1. The maximum Gasteiger partial charge on any atom is 0.179 e. The Morgan fingerprint density at radius 3 is 2.69 bits per heavy atom. The van der Waals surface area contributed by atoms with Gasteiger partial charge < -0.3 is 5.73 Å². The Bertz CT molecular complexity index is 350. The lowest BCUT2D eigenvalue weighted by Crippen LogP contribution is -2.06. The molecule has 0 saturated carbocycles. The largest absolute Gasteiger partial charge is 0.398 e. The van der Waals surface area contributed by atoms with Crippen molar-refractivity contribution in [2.75, 3.05) is 11.6 Å². The molecule has 0 fully saturated rings. The maximum absolute atomic E-state index is 11.3. The molecule has 0 aliphatic carbocycles. The van der Waals surface area contributed by atoms with Crippen LogP contribution in [0.3, 0.4) is 0 Å². The number of hydrogen-bond acceptors (Lipinski definition) is 2. The average molecular weight is 218 g/mol. The standard InChI is InChI=1S/C9H9Cl2NO/c1-5-2-6(11)3-7(9(5)12)8(13)4-10/h2-3H,4,12H2,1H3. The smallest absolute Gasteiger partial charge is 0.179 e. The topological polar surface area (TPSA) is 43.1 Å². The summed E-state index contributed by atoms with van der Waals surface area (Å²) in [6.45, 7) is 1.80. The van der Waals surface area contributed by atoms with Gasteiger partial charge in [-0.2, -0.15) is 0 Å². The number of anilines is 1. The monoisotopic (exact) mass is 217 g/mol. The van der Waals surface area contributed by atoms with Crippen LogP contribution in [0.15, 0.2) is 12.1 Å². The minimum absolute atomic E-state index is 0.0794. The summed E-state index contributed by atoms with van der Waals surface area (Å²) in [5.41, 5.74) is 7.34. The number of nitrogens with two attached hydrogens (primary N) is 1. The van der Waals surface area contributed by atoms with E-state index in [0.717, 1.165) is 5.56 Å². The van der Waals surface area contributed by atoms with Crippen LogP contribution in [0.2, 0.25) is 5.02 Å². The van der Waals surface area contributed by atoms with E-state index in [1.165, 1.54) is 6.07 Å². The molecule has 0 amide bonds. The minimum Gasteiger partial charge on any atom is -0.398 e. The third-order valence-electron chi connectivity index (χ3n) is 1.77. The van der Waals surface area contributed by atoms with Gasteiger partial charge in [-0.1, -0.05) is 11.6 Å². The Morgan fingerprint density at radius 1 is 1.54 bits per heavy atom. The molecule has 0 aliphatic heterocycles. The van der Waals surface area contributed by atoms with Gasteiger partial charge in [-0.15, -0.1) is 11.6 Å². The van der Waals surface area contributed by atoms with E-state index in [1.807, 2.05) is 0 Å². The zero-order valence-electron chi connectivity index (χ0n) is 7.10. The van der Waals surface area contributed by atoms with Gasteiger partial charge in [-0.3, -0.25) is 4.79 Å². The van der Waals surface area contributed by atoms with Crippen molar-refractivity contribution in [1.29, 1.82) is 0 Å². The van der Waals surface area contributed by atoms with Gasteiger partial charge in [0, 0.05) is 16.3 Å². The van der Waals surface area contributed by atoms with Crippen LogP contribution in [-0.2, 0) is 0 Å². The van der Waals surface area contributed by atoms with Crippen molar-refractivity contribution in [2.24, 2.45) is 0 Å². The van der Waals surface area contributed by atoms with Gasteiger partial charge in [-0.25, -0.2) is 0 Å². The Morgan fingerprint density at radius 2 is 2.15 bits per heavy atom. The number of alkyl halides is 1. The van der Waals surface area contributed by atoms with Crippen LogP contribution in [0.4, 0.5) is 5.69 Å². The highest BCUT2D eigenvalue weighted by molar-refractivity contribution is 6.33. The molecule has 2 nitrogen and oxygen atoms in total. The van der Waals surface area contributed by atoms with Crippen LogP contribution in [0.25, 0.3) is 0 Å². The van der Waals surface area contributed by atoms with Gasteiger partial charge >= 0.3 is 0 Å². The lowest BCUT2D eigenvalue weighted by molar-refractivity contribution is 0.102.